The molecule has 0 aromatic rings. The number of hydrogen-bond acceptors (Lipinski definition) is 1. The summed E-state index contributed by atoms with van der Waals surface area (Å²) in [5.41, 5.74) is 6.97. The molecule has 0 aromatic heterocycles. The smallest absolute Gasteiger partial charge is 0.0104 e. The fraction of sp³-hybridized carbons (Fsp3) is 0.875. The van der Waals surface area contributed by atoms with E-state index in [1.165, 1.54) is 38.5 Å². The van der Waals surface area contributed by atoms with Crippen LogP contribution in [0, 0.1) is 23.2 Å². The molecule has 4 atom stereocenters. The van der Waals surface area contributed by atoms with Gasteiger partial charge in [-0.05, 0) is 48.9 Å². The molecule has 3 rings (SSSR count). The Labute approximate surface area is 107 Å². The first-order valence-electron chi connectivity index (χ1n) is 7.48. The molecule has 0 spiro atoms. The molecule has 0 aliphatic heterocycles. The van der Waals surface area contributed by atoms with Crippen LogP contribution in [0.4, 0.5) is 0 Å². The first-order valence-corrected chi connectivity index (χ1v) is 7.48. The maximum absolute atomic E-state index is 6.44. The monoisotopic (exact) mass is 235 g/mol. The third-order valence-corrected chi connectivity index (χ3v) is 5.47. The Kier molecular flexibility index (Phi) is 3.97. The Morgan fingerprint density at radius 2 is 2.00 bits per heavy atom. The molecule has 2 bridgehead atoms. The van der Waals surface area contributed by atoms with Gasteiger partial charge in [0, 0.05) is 6.04 Å². The number of allylic oxidation sites excluding steroid dienone is 2. The second kappa shape index (κ2) is 5.14. The van der Waals surface area contributed by atoms with Gasteiger partial charge in [-0.25, -0.2) is 0 Å². The second-order valence-corrected chi connectivity index (χ2v) is 6.78. The molecule has 0 radical (unpaired) electrons. The summed E-state index contributed by atoms with van der Waals surface area (Å²) in [7, 11) is 0. The molecule has 0 saturated heterocycles. The maximum atomic E-state index is 6.44. The van der Waals surface area contributed by atoms with E-state index in [1.807, 2.05) is 0 Å². The van der Waals surface area contributed by atoms with E-state index in [-0.39, 0.29) is 0 Å². The highest BCUT2D eigenvalue weighted by Crippen LogP contribution is 2.60. The molecule has 1 nitrogen and oxygen atoms in total. The van der Waals surface area contributed by atoms with E-state index in [2.05, 4.69) is 32.9 Å². The van der Waals surface area contributed by atoms with Crippen molar-refractivity contribution < 1.29 is 0 Å². The zero-order chi connectivity index (χ0) is 12.5. The van der Waals surface area contributed by atoms with Crippen LogP contribution < -0.4 is 5.73 Å². The number of fused-ring (bicyclic) bond motifs is 2. The van der Waals surface area contributed by atoms with Crippen molar-refractivity contribution in [3.63, 3.8) is 0 Å². The summed E-state index contributed by atoms with van der Waals surface area (Å²) in [6, 6.07) is 0.450. The molecule has 98 valence electrons. The molecule has 17 heavy (non-hydrogen) atoms. The van der Waals surface area contributed by atoms with Crippen LogP contribution in [0.15, 0.2) is 12.2 Å². The second-order valence-electron chi connectivity index (χ2n) is 6.78. The minimum Gasteiger partial charge on any atom is -0.327 e. The molecule has 4 unspecified atom stereocenters. The molecule has 3 fully saturated rings. The third-order valence-electron chi connectivity index (χ3n) is 5.47. The highest BCUT2D eigenvalue weighted by molar-refractivity contribution is 5.08. The molecule has 1 heteroatoms. The minimum atomic E-state index is 0.450. The van der Waals surface area contributed by atoms with E-state index < -0.39 is 0 Å². The first kappa shape index (κ1) is 13.1. The number of nitrogens with two attached hydrogens (primary N) is 1. The summed E-state index contributed by atoms with van der Waals surface area (Å²) >= 11 is 0. The van der Waals surface area contributed by atoms with Crippen LogP contribution >= 0.6 is 0 Å². The van der Waals surface area contributed by atoms with Gasteiger partial charge in [0.05, 0.1) is 0 Å². The Bertz CT molecular complexity index is 279. The molecular formula is C16H29N. The van der Waals surface area contributed by atoms with Crippen LogP contribution in [-0.2, 0) is 0 Å². The average Bonchev–Trinajstić information content (AvgIpc) is 2.30. The SMILES string of the molecule is CCCC/C=C\CC1CC2CC(C1N)C2(C)C. The van der Waals surface area contributed by atoms with Crippen LogP contribution in [0.25, 0.3) is 0 Å². The van der Waals surface area contributed by atoms with E-state index in [1.54, 1.807) is 0 Å². The predicted molar refractivity (Wildman–Crippen MR) is 74.7 cm³/mol. The number of rotatable bonds is 5. The standard InChI is InChI=1S/C16H29N/c1-4-5-6-7-8-9-12-10-13-11-14(15(12)17)16(13,2)3/h7-8,12-15H,4-6,9-11,17H2,1-3H3/b8-7-. The molecule has 3 aliphatic carbocycles. The van der Waals surface area contributed by atoms with Crippen molar-refractivity contribution in [2.24, 2.45) is 28.9 Å². The molecule has 2 N–H and O–H groups in total. The van der Waals surface area contributed by atoms with Crippen molar-refractivity contribution in [1.29, 1.82) is 0 Å². The summed E-state index contributed by atoms with van der Waals surface area (Å²) in [5, 5.41) is 0. The number of unbranched alkanes of at least 4 members (excludes halogenated alkanes) is 2. The van der Waals surface area contributed by atoms with Gasteiger partial charge < -0.3 is 5.73 Å². The Morgan fingerprint density at radius 3 is 2.59 bits per heavy atom. The third kappa shape index (κ3) is 2.45. The molecule has 3 aliphatic rings. The lowest BCUT2D eigenvalue weighted by Crippen LogP contribution is -2.61. The highest BCUT2D eigenvalue weighted by atomic mass is 14.8. The molecule has 3 saturated carbocycles. The van der Waals surface area contributed by atoms with Gasteiger partial charge in [0.15, 0.2) is 0 Å². The topological polar surface area (TPSA) is 26.0 Å². The van der Waals surface area contributed by atoms with Gasteiger partial charge >= 0.3 is 0 Å². The lowest BCUT2D eigenvalue weighted by Gasteiger charge is -2.61. The van der Waals surface area contributed by atoms with Gasteiger partial charge in [-0.15, -0.1) is 0 Å². The van der Waals surface area contributed by atoms with Crippen molar-refractivity contribution >= 4 is 0 Å². The fourth-order valence-corrected chi connectivity index (χ4v) is 3.92. The van der Waals surface area contributed by atoms with Gasteiger partial charge in [0.2, 0.25) is 0 Å². The Morgan fingerprint density at radius 1 is 1.24 bits per heavy atom. The van der Waals surface area contributed by atoms with E-state index in [0.29, 0.717) is 11.5 Å². The van der Waals surface area contributed by atoms with Crippen LogP contribution in [0.1, 0.15) is 59.3 Å². The van der Waals surface area contributed by atoms with E-state index in [0.717, 1.165) is 17.8 Å². The summed E-state index contributed by atoms with van der Waals surface area (Å²) in [6.45, 7) is 7.08. The normalized spacial score (nSPS) is 39.3. The number of hydrogen-bond donors (Lipinski definition) is 1. The van der Waals surface area contributed by atoms with Crippen molar-refractivity contribution in [3.05, 3.63) is 12.2 Å². The fourth-order valence-electron chi connectivity index (χ4n) is 3.92. The summed E-state index contributed by atoms with van der Waals surface area (Å²) in [5.74, 6) is 2.49. The lowest BCUT2D eigenvalue weighted by atomic mass is 9.45. The van der Waals surface area contributed by atoms with Crippen LogP contribution in [0.5, 0.6) is 0 Å². The molecule has 0 aromatic carbocycles. The van der Waals surface area contributed by atoms with Gasteiger partial charge in [0.25, 0.3) is 0 Å². The average molecular weight is 235 g/mol. The predicted octanol–water partition coefficient (Wildman–Crippen LogP) is 4.13. The van der Waals surface area contributed by atoms with Gasteiger partial charge in [-0.2, -0.15) is 0 Å². The molecule has 0 amide bonds. The zero-order valence-corrected chi connectivity index (χ0v) is 11.8. The van der Waals surface area contributed by atoms with Gasteiger partial charge in [0.1, 0.15) is 0 Å². The van der Waals surface area contributed by atoms with Crippen molar-refractivity contribution in [2.45, 2.75) is 65.3 Å². The largest absolute Gasteiger partial charge is 0.327 e. The van der Waals surface area contributed by atoms with Gasteiger partial charge in [-0.1, -0.05) is 45.8 Å². The lowest BCUT2D eigenvalue weighted by molar-refractivity contribution is -0.104. The quantitative estimate of drug-likeness (QED) is 0.562. The highest BCUT2D eigenvalue weighted by Gasteiger charge is 2.56. The molecule has 0 heterocycles. The minimum absolute atomic E-state index is 0.450. The maximum Gasteiger partial charge on any atom is 0.0104 e. The zero-order valence-electron chi connectivity index (χ0n) is 11.8. The van der Waals surface area contributed by atoms with E-state index in [4.69, 9.17) is 5.73 Å². The Hall–Kier alpha value is -0.300. The van der Waals surface area contributed by atoms with Gasteiger partial charge in [-0.3, -0.25) is 0 Å². The Balaban J connectivity index is 1.79. The van der Waals surface area contributed by atoms with Crippen LogP contribution in [0.3, 0.4) is 0 Å². The van der Waals surface area contributed by atoms with E-state index in [9.17, 15) is 0 Å². The van der Waals surface area contributed by atoms with Crippen LogP contribution in [-0.4, -0.2) is 6.04 Å². The first-order chi connectivity index (χ1) is 8.07. The van der Waals surface area contributed by atoms with Crippen LogP contribution in [0.2, 0.25) is 0 Å². The summed E-state index contributed by atoms with van der Waals surface area (Å²) in [4.78, 5) is 0. The van der Waals surface area contributed by atoms with Crippen molar-refractivity contribution in [2.75, 3.05) is 0 Å². The molecular weight excluding hydrogens is 206 g/mol. The summed E-state index contributed by atoms with van der Waals surface area (Å²) < 4.78 is 0. The van der Waals surface area contributed by atoms with Crippen molar-refractivity contribution in [3.8, 4) is 0 Å². The van der Waals surface area contributed by atoms with E-state index >= 15 is 0 Å². The van der Waals surface area contributed by atoms with Crippen molar-refractivity contribution in [1.82, 2.24) is 0 Å². The summed E-state index contributed by atoms with van der Waals surface area (Å²) in [6.07, 6.45) is 12.6.